The van der Waals surface area contributed by atoms with Gasteiger partial charge in [-0.15, -0.1) is 0 Å². The summed E-state index contributed by atoms with van der Waals surface area (Å²) in [6, 6.07) is 6.67. The summed E-state index contributed by atoms with van der Waals surface area (Å²) in [5, 5.41) is 14.6. The number of nitrogens with zero attached hydrogens (tertiary/aromatic N) is 1. The smallest absolute Gasteiger partial charge is 0.229 e. The van der Waals surface area contributed by atoms with E-state index in [1.807, 2.05) is 0 Å². The predicted octanol–water partition coefficient (Wildman–Crippen LogP) is 0.397. The molecular weight excluding hydrogens is 412 g/mol. The average molecular weight is 443 g/mol. The molecule has 3 fully saturated rings. The van der Waals surface area contributed by atoms with Crippen molar-refractivity contribution in [1.82, 2.24) is 20.9 Å². The molecule has 32 heavy (non-hydrogen) atoms. The molecule has 5 unspecified atom stereocenters. The van der Waals surface area contributed by atoms with Crippen molar-refractivity contribution < 1.29 is 19.2 Å². The lowest BCUT2D eigenvalue weighted by Crippen LogP contribution is -2.74. The summed E-state index contributed by atoms with van der Waals surface area (Å²) in [7, 11) is 0. The van der Waals surface area contributed by atoms with E-state index in [9.17, 15) is 19.2 Å². The van der Waals surface area contributed by atoms with Gasteiger partial charge in [0.1, 0.15) is 6.29 Å². The van der Waals surface area contributed by atoms with E-state index in [1.54, 1.807) is 24.3 Å². The molecule has 1 aromatic carbocycles. The van der Waals surface area contributed by atoms with Crippen molar-refractivity contribution in [3.8, 4) is 0 Å². The zero-order valence-corrected chi connectivity index (χ0v) is 18.3. The molecule has 10 nitrogen and oxygen atoms in total. The van der Waals surface area contributed by atoms with Crippen LogP contribution < -0.4 is 26.6 Å². The highest BCUT2D eigenvalue weighted by molar-refractivity contribution is 6.00. The highest BCUT2D eigenvalue weighted by Gasteiger charge is 2.49. The monoisotopic (exact) mass is 442 g/mol. The predicted molar refractivity (Wildman–Crippen MR) is 118 cm³/mol. The molecular formula is C22H30N6O4. The number of anilines is 2. The molecule has 0 spiro atoms. The third-order valence-electron chi connectivity index (χ3n) is 6.30. The number of rotatable bonds is 4. The van der Waals surface area contributed by atoms with E-state index in [0.717, 1.165) is 25.9 Å². The number of piperidine rings is 2. The molecule has 0 aliphatic carbocycles. The normalized spacial score (nSPS) is 30.5. The van der Waals surface area contributed by atoms with Crippen LogP contribution in [-0.4, -0.2) is 54.1 Å². The molecule has 5 atom stereocenters. The molecule has 5 N–H and O–H groups in total. The van der Waals surface area contributed by atoms with Gasteiger partial charge < -0.3 is 21.3 Å². The van der Waals surface area contributed by atoms with Gasteiger partial charge >= 0.3 is 0 Å². The number of hydrogen-bond donors (Lipinski definition) is 5. The second kappa shape index (κ2) is 9.25. The fourth-order valence-electron chi connectivity index (χ4n) is 4.79. The average Bonchev–Trinajstić information content (AvgIpc) is 2.73. The van der Waals surface area contributed by atoms with Crippen molar-refractivity contribution in [3.05, 3.63) is 24.3 Å². The van der Waals surface area contributed by atoms with Crippen LogP contribution in [0.2, 0.25) is 0 Å². The maximum Gasteiger partial charge on any atom is 0.229 e. The second-order valence-corrected chi connectivity index (χ2v) is 8.95. The number of nitrogens with one attached hydrogen (secondary N) is 5. The molecule has 3 aliphatic heterocycles. The van der Waals surface area contributed by atoms with Crippen molar-refractivity contribution in [3.63, 3.8) is 0 Å². The van der Waals surface area contributed by atoms with E-state index in [2.05, 4.69) is 38.4 Å². The molecule has 10 heteroatoms. The van der Waals surface area contributed by atoms with Gasteiger partial charge in [-0.1, -0.05) is 6.92 Å². The van der Waals surface area contributed by atoms with Crippen molar-refractivity contribution in [2.75, 3.05) is 23.7 Å². The minimum Gasteiger partial charge on any atom is -0.340 e. The van der Waals surface area contributed by atoms with E-state index in [0.29, 0.717) is 17.3 Å². The fraction of sp³-hybridized carbons (Fsp3) is 0.545. The Labute approximate surface area is 186 Å². The summed E-state index contributed by atoms with van der Waals surface area (Å²) in [6.45, 7) is 5.33. The Morgan fingerprint density at radius 3 is 2.41 bits per heavy atom. The standard InChI is InChI=1S/C22H30N6O4/c1-12-4-3-9-28(11-12)22-26-19-18(21(32)27-22)16(10-17(30)25-19)20(31)24-15-7-5-14(6-8-15)23-13(2)29/h5-8,12,16,18-19,22,26H,3-4,9-11H2,1-2H3,(H,23,29)(H,24,31)(H,25,30)(H,27,32). The molecule has 3 heterocycles. The van der Waals surface area contributed by atoms with Crippen LogP contribution in [0.25, 0.3) is 0 Å². The molecule has 172 valence electrons. The molecule has 0 aromatic heterocycles. The van der Waals surface area contributed by atoms with Crippen LogP contribution in [0.3, 0.4) is 0 Å². The van der Waals surface area contributed by atoms with Gasteiger partial charge in [-0.05, 0) is 43.0 Å². The first-order chi connectivity index (χ1) is 15.3. The Morgan fingerprint density at radius 2 is 1.75 bits per heavy atom. The maximum absolute atomic E-state index is 13.0. The summed E-state index contributed by atoms with van der Waals surface area (Å²) in [5.74, 6) is -2.03. The maximum atomic E-state index is 13.0. The van der Waals surface area contributed by atoms with Crippen LogP contribution >= 0.6 is 0 Å². The van der Waals surface area contributed by atoms with Crippen LogP contribution in [-0.2, 0) is 19.2 Å². The number of carbonyl (C=O) groups is 4. The third kappa shape index (κ3) is 4.91. The molecule has 4 rings (SSSR count). The molecule has 0 saturated carbocycles. The quantitative estimate of drug-likeness (QED) is 0.459. The summed E-state index contributed by atoms with van der Waals surface area (Å²) < 4.78 is 0. The first kappa shape index (κ1) is 22.2. The summed E-state index contributed by atoms with van der Waals surface area (Å²) in [5.41, 5.74) is 1.14. The molecule has 0 bridgehead atoms. The van der Waals surface area contributed by atoms with Gasteiger partial charge in [-0.2, -0.15) is 0 Å². The zero-order valence-electron chi connectivity index (χ0n) is 18.3. The summed E-state index contributed by atoms with van der Waals surface area (Å²) >= 11 is 0. The first-order valence-electron chi connectivity index (χ1n) is 11.1. The number of hydrogen-bond acceptors (Lipinski definition) is 6. The number of fused-ring (bicyclic) bond motifs is 1. The lowest BCUT2D eigenvalue weighted by Gasteiger charge is -2.47. The largest absolute Gasteiger partial charge is 0.340 e. The SMILES string of the molecule is CC(=O)Nc1ccc(NC(=O)C2CC(=O)NC3NC(N4CCCC(C)C4)NC(=O)C32)cc1. The van der Waals surface area contributed by atoms with Crippen LogP contribution in [0.1, 0.15) is 33.1 Å². The molecule has 0 radical (unpaired) electrons. The Balaban J connectivity index is 1.44. The minimum atomic E-state index is -0.794. The lowest BCUT2D eigenvalue weighted by atomic mass is 9.81. The van der Waals surface area contributed by atoms with Crippen LogP contribution in [0.5, 0.6) is 0 Å². The van der Waals surface area contributed by atoms with Gasteiger partial charge in [0, 0.05) is 37.8 Å². The number of likely N-dealkylation sites (tertiary alicyclic amines) is 1. The first-order valence-corrected chi connectivity index (χ1v) is 11.1. The molecule has 3 saturated heterocycles. The van der Waals surface area contributed by atoms with Crippen molar-refractivity contribution in [2.24, 2.45) is 17.8 Å². The van der Waals surface area contributed by atoms with Gasteiger partial charge in [0.15, 0.2) is 0 Å². The van der Waals surface area contributed by atoms with Gasteiger partial charge in [-0.3, -0.25) is 29.4 Å². The van der Waals surface area contributed by atoms with Gasteiger partial charge in [-0.25, -0.2) is 0 Å². The third-order valence-corrected chi connectivity index (χ3v) is 6.30. The van der Waals surface area contributed by atoms with E-state index in [4.69, 9.17) is 0 Å². The van der Waals surface area contributed by atoms with E-state index >= 15 is 0 Å². The Hall–Kier alpha value is -2.98. The highest BCUT2D eigenvalue weighted by atomic mass is 16.2. The molecule has 1 aromatic rings. The van der Waals surface area contributed by atoms with Gasteiger partial charge in [0.2, 0.25) is 23.6 Å². The van der Waals surface area contributed by atoms with Gasteiger partial charge in [0.25, 0.3) is 0 Å². The van der Waals surface area contributed by atoms with Crippen molar-refractivity contribution in [1.29, 1.82) is 0 Å². The number of amides is 4. The topological polar surface area (TPSA) is 132 Å². The zero-order chi connectivity index (χ0) is 22.8. The van der Waals surface area contributed by atoms with E-state index < -0.39 is 18.0 Å². The Morgan fingerprint density at radius 1 is 1.06 bits per heavy atom. The second-order valence-electron chi connectivity index (χ2n) is 8.95. The highest BCUT2D eigenvalue weighted by Crippen LogP contribution is 2.29. The summed E-state index contributed by atoms with van der Waals surface area (Å²) in [4.78, 5) is 51.7. The Bertz CT molecular complexity index is 904. The van der Waals surface area contributed by atoms with Crippen LogP contribution in [0.4, 0.5) is 11.4 Å². The van der Waals surface area contributed by atoms with Crippen molar-refractivity contribution >= 4 is 35.0 Å². The fourth-order valence-corrected chi connectivity index (χ4v) is 4.79. The molecule has 3 aliphatic rings. The van der Waals surface area contributed by atoms with Crippen molar-refractivity contribution in [2.45, 2.75) is 45.6 Å². The number of carbonyl (C=O) groups excluding carboxylic acids is 4. The van der Waals surface area contributed by atoms with Crippen LogP contribution in [0.15, 0.2) is 24.3 Å². The summed E-state index contributed by atoms with van der Waals surface area (Å²) in [6.07, 6.45) is 1.19. The van der Waals surface area contributed by atoms with E-state index in [1.165, 1.54) is 6.92 Å². The van der Waals surface area contributed by atoms with E-state index in [-0.39, 0.29) is 36.3 Å². The molecule has 4 amide bonds. The lowest BCUT2D eigenvalue weighted by molar-refractivity contribution is -0.148. The van der Waals surface area contributed by atoms with Gasteiger partial charge in [0.05, 0.1) is 18.0 Å². The Kier molecular flexibility index (Phi) is 6.43. The van der Waals surface area contributed by atoms with Crippen LogP contribution in [0, 0.1) is 17.8 Å². The number of benzene rings is 1. The minimum absolute atomic E-state index is 0.0580.